The third kappa shape index (κ3) is 4.02. The van der Waals surface area contributed by atoms with Gasteiger partial charge in [-0.1, -0.05) is 19.9 Å². The van der Waals surface area contributed by atoms with Crippen LogP contribution in [0.15, 0.2) is 23.1 Å². The van der Waals surface area contributed by atoms with Crippen molar-refractivity contribution < 1.29 is 12.8 Å². The van der Waals surface area contributed by atoms with Crippen molar-refractivity contribution in [2.45, 2.75) is 57.0 Å². The van der Waals surface area contributed by atoms with Gasteiger partial charge >= 0.3 is 0 Å². The lowest BCUT2D eigenvalue weighted by Gasteiger charge is -2.34. The van der Waals surface area contributed by atoms with Crippen LogP contribution in [0.25, 0.3) is 0 Å². The van der Waals surface area contributed by atoms with E-state index in [1.54, 1.807) is 6.07 Å². The summed E-state index contributed by atoms with van der Waals surface area (Å²) in [5.74, 6) is -0.749. The first-order chi connectivity index (χ1) is 9.73. The standard InChI is InChI=1S/C15H23FN2O2S/c1-15(2)7-5-12(6-8-15)18-21(19,20)14-4-3-11(10-17)9-13(14)16/h3-4,9,12,18H,5-8,10,17H2,1-2H3. The molecule has 21 heavy (non-hydrogen) atoms. The van der Waals surface area contributed by atoms with Crippen LogP contribution in [0.2, 0.25) is 0 Å². The second-order valence-electron chi connectivity index (χ2n) is 6.53. The van der Waals surface area contributed by atoms with Gasteiger partial charge < -0.3 is 5.73 Å². The summed E-state index contributed by atoms with van der Waals surface area (Å²) < 4.78 is 41.2. The Hall–Kier alpha value is -0.980. The van der Waals surface area contributed by atoms with Crippen LogP contribution >= 0.6 is 0 Å². The smallest absolute Gasteiger partial charge is 0.243 e. The second kappa shape index (κ2) is 6.02. The minimum Gasteiger partial charge on any atom is -0.326 e. The zero-order chi connectivity index (χ0) is 15.7. The summed E-state index contributed by atoms with van der Waals surface area (Å²) in [4.78, 5) is -0.301. The van der Waals surface area contributed by atoms with Crippen molar-refractivity contribution in [2.24, 2.45) is 11.1 Å². The highest BCUT2D eigenvalue weighted by Gasteiger charge is 2.30. The third-order valence-electron chi connectivity index (χ3n) is 4.18. The van der Waals surface area contributed by atoms with Crippen molar-refractivity contribution in [2.75, 3.05) is 0 Å². The molecule has 0 radical (unpaired) electrons. The van der Waals surface area contributed by atoms with E-state index in [2.05, 4.69) is 18.6 Å². The number of benzene rings is 1. The van der Waals surface area contributed by atoms with Crippen molar-refractivity contribution in [3.8, 4) is 0 Å². The van der Waals surface area contributed by atoms with Crippen LogP contribution in [0, 0.1) is 11.2 Å². The van der Waals surface area contributed by atoms with Gasteiger partial charge in [0, 0.05) is 12.6 Å². The van der Waals surface area contributed by atoms with E-state index in [9.17, 15) is 12.8 Å². The Kier molecular flexibility index (Phi) is 4.70. The molecule has 0 amide bonds. The van der Waals surface area contributed by atoms with Gasteiger partial charge in [-0.3, -0.25) is 0 Å². The molecule has 118 valence electrons. The van der Waals surface area contributed by atoms with Gasteiger partial charge in [-0.25, -0.2) is 17.5 Å². The molecule has 1 aromatic carbocycles. The van der Waals surface area contributed by atoms with Crippen LogP contribution in [0.1, 0.15) is 45.1 Å². The largest absolute Gasteiger partial charge is 0.326 e. The van der Waals surface area contributed by atoms with Crippen LogP contribution < -0.4 is 10.5 Å². The van der Waals surface area contributed by atoms with Crippen molar-refractivity contribution in [1.29, 1.82) is 0 Å². The van der Waals surface area contributed by atoms with Crippen LogP contribution in [0.5, 0.6) is 0 Å². The molecule has 1 aromatic rings. The lowest BCUT2D eigenvalue weighted by Crippen LogP contribution is -2.39. The predicted molar refractivity (Wildman–Crippen MR) is 80.6 cm³/mol. The molecule has 0 unspecified atom stereocenters. The predicted octanol–water partition coefficient (Wildman–Crippen LogP) is 2.53. The number of hydrogen-bond acceptors (Lipinski definition) is 3. The van der Waals surface area contributed by atoms with Gasteiger partial charge in [-0.2, -0.15) is 0 Å². The van der Waals surface area contributed by atoms with Gasteiger partial charge in [-0.05, 0) is 48.8 Å². The van der Waals surface area contributed by atoms with E-state index in [1.807, 2.05) is 0 Å². The molecule has 0 aliphatic heterocycles. The Bertz CT molecular complexity index is 604. The fraction of sp³-hybridized carbons (Fsp3) is 0.600. The van der Waals surface area contributed by atoms with Gasteiger partial charge in [0.05, 0.1) is 0 Å². The average molecular weight is 314 g/mol. The Balaban J connectivity index is 2.12. The molecule has 1 saturated carbocycles. The molecular weight excluding hydrogens is 291 g/mol. The van der Waals surface area contributed by atoms with E-state index in [4.69, 9.17) is 5.73 Å². The molecule has 0 atom stereocenters. The van der Waals surface area contributed by atoms with Crippen LogP contribution in [0.3, 0.4) is 0 Å². The van der Waals surface area contributed by atoms with E-state index in [1.165, 1.54) is 12.1 Å². The van der Waals surface area contributed by atoms with E-state index in [0.717, 1.165) is 25.7 Å². The molecule has 1 fully saturated rings. The van der Waals surface area contributed by atoms with E-state index < -0.39 is 15.8 Å². The summed E-state index contributed by atoms with van der Waals surface area (Å²) in [7, 11) is -3.82. The van der Waals surface area contributed by atoms with Gasteiger partial charge in [0.1, 0.15) is 10.7 Å². The highest BCUT2D eigenvalue weighted by molar-refractivity contribution is 7.89. The summed E-state index contributed by atoms with van der Waals surface area (Å²) >= 11 is 0. The van der Waals surface area contributed by atoms with Crippen molar-refractivity contribution >= 4 is 10.0 Å². The molecule has 0 heterocycles. The summed E-state index contributed by atoms with van der Waals surface area (Å²) in [6, 6.07) is 3.89. The Labute approximate surface area is 126 Å². The zero-order valence-corrected chi connectivity index (χ0v) is 13.3. The molecule has 1 aliphatic rings. The number of hydrogen-bond donors (Lipinski definition) is 2. The number of nitrogens with two attached hydrogens (primary N) is 1. The minimum absolute atomic E-state index is 0.114. The first-order valence-electron chi connectivity index (χ1n) is 7.24. The molecule has 6 heteroatoms. The fourth-order valence-electron chi connectivity index (χ4n) is 2.69. The van der Waals surface area contributed by atoms with Gasteiger partial charge in [0.15, 0.2) is 0 Å². The highest BCUT2D eigenvalue weighted by atomic mass is 32.2. The second-order valence-corrected chi connectivity index (χ2v) is 8.21. The third-order valence-corrected chi connectivity index (χ3v) is 5.74. The summed E-state index contributed by atoms with van der Waals surface area (Å²) in [6.45, 7) is 4.55. The molecule has 0 saturated heterocycles. The zero-order valence-electron chi connectivity index (χ0n) is 12.5. The number of nitrogens with one attached hydrogen (secondary N) is 1. The number of halogens is 1. The molecule has 3 N–H and O–H groups in total. The topological polar surface area (TPSA) is 72.2 Å². The Morgan fingerprint density at radius 1 is 1.33 bits per heavy atom. The van der Waals surface area contributed by atoms with Crippen LogP contribution in [-0.2, 0) is 16.6 Å². The van der Waals surface area contributed by atoms with Gasteiger partial charge in [-0.15, -0.1) is 0 Å². The highest BCUT2D eigenvalue weighted by Crippen LogP contribution is 2.35. The SMILES string of the molecule is CC1(C)CCC(NS(=O)(=O)c2ccc(CN)cc2F)CC1. The number of rotatable bonds is 4. The van der Waals surface area contributed by atoms with E-state index in [0.29, 0.717) is 5.56 Å². The molecule has 0 bridgehead atoms. The number of sulfonamides is 1. The monoisotopic (exact) mass is 314 g/mol. The fourth-order valence-corrected chi connectivity index (χ4v) is 4.05. The minimum atomic E-state index is -3.82. The van der Waals surface area contributed by atoms with Crippen molar-refractivity contribution in [3.05, 3.63) is 29.6 Å². The Morgan fingerprint density at radius 2 is 1.95 bits per heavy atom. The van der Waals surface area contributed by atoms with E-state index >= 15 is 0 Å². The normalized spacial score (nSPS) is 19.6. The maximum absolute atomic E-state index is 13.9. The van der Waals surface area contributed by atoms with Crippen LogP contribution in [0.4, 0.5) is 4.39 Å². The van der Waals surface area contributed by atoms with Crippen LogP contribution in [-0.4, -0.2) is 14.5 Å². The van der Waals surface area contributed by atoms with Gasteiger partial charge in [0.25, 0.3) is 0 Å². The average Bonchev–Trinajstić information content (AvgIpc) is 2.40. The first kappa shape index (κ1) is 16.4. The molecule has 0 spiro atoms. The maximum Gasteiger partial charge on any atom is 0.243 e. The van der Waals surface area contributed by atoms with Crippen molar-refractivity contribution in [1.82, 2.24) is 4.72 Å². The molecular formula is C15H23FN2O2S. The molecule has 4 nitrogen and oxygen atoms in total. The molecule has 1 aliphatic carbocycles. The lowest BCUT2D eigenvalue weighted by atomic mass is 9.76. The molecule has 0 aromatic heterocycles. The molecule has 2 rings (SSSR count). The first-order valence-corrected chi connectivity index (χ1v) is 8.73. The Morgan fingerprint density at radius 3 is 2.48 bits per heavy atom. The quantitative estimate of drug-likeness (QED) is 0.897. The summed E-state index contributed by atoms with van der Waals surface area (Å²) in [5.41, 5.74) is 6.26. The van der Waals surface area contributed by atoms with E-state index in [-0.39, 0.29) is 22.9 Å². The maximum atomic E-state index is 13.9. The summed E-state index contributed by atoms with van der Waals surface area (Å²) in [6.07, 6.45) is 3.51. The lowest BCUT2D eigenvalue weighted by molar-refractivity contribution is 0.218. The summed E-state index contributed by atoms with van der Waals surface area (Å²) in [5, 5.41) is 0. The van der Waals surface area contributed by atoms with Crippen molar-refractivity contribution in [3.63, 3.8) is 0 Å². The van der Waals surface area contributed by atoms with Gasteiger partial charge in [0.2, 0.25) is 10.0 Å².